The standard InChI is InChI=1S/C23H33ClN2O4/c1-3-4-13-26(22(28)29)16(2)14-19(25)21(27)20(17-9-8-10-18(24)15-17)23(30)11-6-5-7-12-23/h8-10,15-16,20,25,30H,3-7,11-14H2,1-2H3,(H,28,29)/t16-,20-/m0/s1. The fourth-order valence-electron chi connectivity index (χ4n) is 4.36. The van der Waals surface area contributed by atoms with Crippen LogP contribution in [0.25, 0.3) is 0 Å². The minimum absolute atomic E-state index is 0.0159. The molecule has 6 nitrogen and oxygen atoms in total. The predicted molar refractivity (Wildman–Crippen MR) is 119 cm³/mol. The smallest absolute Gasteiger partial charge is 0.407 e. The highest BCUT2D eigenvalue weighted by atomic mass is 35.5. The zero-order valence-electron chi connectivity index (χ0n) is 17.9. The van der Waals surface area contributed by atoms with E-state index in [1.807, 2.05) is 6.92 Å². The summed E-state index contributed by atoms with van der Waals surface area (Å²) in [6.45, 7) is 4.07. The number of carbonyl (C=O) groups is 2. The molecule has 0 heterocycles. The molecule has 1 aliphatic rings. The Kier molecular flexibility index (Phi) is 8.86. The fraction of sp³-hybridized carbons (Fsp3) is 0.609. The number of nitrogens with zero attached hydrogens (tertiary/aromatic N) is 1. The Bertz CT molecular complexity index is 761. The lowest BCUT2D eigenvalue weighted by Crippen LogP contribution is -2.46. The van der Waals surface area contributed by atoms with Crippen LogP contribution in [0.4, 0.5) is 4.79 Å². The van der Waals surface area contributed by atoms with Gasteiger partial charge in [-0.2, -0.15) is 0 Å². The van der Waals surface area contributed by atoms with Crippen LogP contribution >= 0.6 is 11.6 Å². The van der Waals surface area contributed by atoms with Gasteiger partial charge in [0.05, 0.1) is 17.2 Å². The Morgan fingerprint density at radius 3 is 2.50 bits per heavy atom. The van der Waals surface area contributed by atoms with Crippen molar-refractivity contribution in [1.29, 1.82) is 5.41 Å². The number of unbranched alkanes of at least 4 members (excludes halogenated alkanes) is 1. The van der Waals surface area contributed by atoms with Crippen LogP contribution in [-0.4, -0.2) is 50.9 Å². The third-order valence-corrected chi connectivity index (χ3v) is 6.26. The van der Waals surface area contributed by atoms with Gasteiger partial charge in [0.15, 0.2) is 5.78 Å². The second kappa shape index (κ2) is 10.9. The van der Waals surface area contributed by atoms with Gasteiger partial charge in [0.2, 0.25) is 0 Å². The molecule has 1 aromatic rings. The highest BCUT2D eigenvalue weighted by Gasteiger charge is 2.44. The molecule has 0 spiro atoms. The average molecular weight is 437 g/mol. The van der Waals surface area contributed by atoms with E-state index in [0.717, 1.165) is 32.1 Å². The summed E-state index contributed by atoms with van der Waals surface area (Å²) in [7, 11) is 0. The minimum atomic E-state index is -1.22. The number of halogens is 1. The minimum Gasteiger partial charge on any atom is -0.465 e. The lowest BCUT2D eigenvalue weighted by molar-refractivity contribution is -0.122. The van der Waals surface area contributed by atoms with E-state index < -0.39 is 29.4 Å². The maximum atomic E-state index is 13.4. The molecule has 0 bridgehead atoms. The predicted octanol–water partition coefficient (Wildman–Crippen LogP) is 5.27. The Balaban J connectivity index is 2.26. The molecule has 3 N–H and O–H groups in total. The van der Waals surface area contributed by atoms with Crippen LogP contribution in [0.1, 0.15) is 76.7 Å². The summed E-state index contributed by atoms with van der Waals surface area (Å²) in [4.78, 5) is 26.3. The number of Topliss-reactive ketones (excluding diaryl/α,β-unsaturated/α-hetero) is 1. The van der Waals surface area contributed by atoms with Crippen molar-refractivity contribution >= 4 is 29.2 Å². The number of ketones is 1. The van der Waals surface area contributed by atoms with E-state index in [1.54, 1.807) is 31.2 Å². The number of carbonyl (C=O) groups excluding carboxylic acids is 1. The molecule has 1 aliphatic carbocycles. The lowest BCUT2D eigenvalue weighted by atomic mass is 9.70. The number of carboxylic acid groups (broad SMARTS) is 1. The van der Waals surface area contributed by atoms with Crippen LogP contribution in [0.15, 0.2) is 24.3 Å². The van der Waals surface area contributed by atoms with E-state index in [4.69, 9.17) is 17.0 Å². The third kappa shape index (κ3) is 6.05. The van der Waals surface area contributed by atoms with E-state index in [-0.39, 0.29) is 12.1 Å². The van der Waals surface area contributed by atoms with Crippen molar-refractivity contribution in [2.45, 2.75) is 82.8 Å². The maximum absolute atomic E-state index is 13.4. The van der Waals surface area contributed by atoms with Gasteiger partial charge in [-0.3, -0.25) is 4.79 Å². The van der Waals surface area contributed by atoms with Gasteiger partial charge in [-0.25, -0.2) is 4.79 Å². The zero-order chi connectivity index (χ0) is 22.3. The molecule has 1 fully saturated rings. The van der Waals surface area contributed by atoms with Gasteiger partial charge >= 0.3 is 6.09 Å². The van der Waals surface area contributed by atoms with Crippen molar-refractivity contribution in [3.63, 3.8) is 0 Å². The number of amides is 1. The third-order valence-electron chi connectivity index (χ3n) is 6.03. The van der Waals surface area contributed by atoms with Gasteiger partial charge in [-0.1, -0.05) is 56.3 Å². The topological polar surface area (TPSA) is 102 Å². The molecule has 0 aromatic heterocycles. The van der Waals surface area contributed by atoms with Crippen LogP contribution in [-0.2, 0) is 4.79 Å². The van der Waals surface area contributed by atoms with Gasteiger partial charge < -0.3 is 20.5 Å². The summed E-state index contributed by atoms with van der Waals surface area (Å²) in [6.07, 6.45) is 4.21. The van der Waals surface area contributed by atoms with E-state index in [2.05, 4.69) is 0 Å². The van der Waals surface area contributed by atoms with Crippen LogP contribution in [0.3, 0.4) is 0 Å². The second-order valence-electron chi connectivity index (χ2n) is 8.38. The summed E-state index contributed by atoms with van der Waals surface area (Å²) in [5.41, 5.74) is -0.769. The van der Waals surface area contributed by atoms with E-state index in [9.17, 15) is 19.8 Å². The number of rotatable bonds is 10. The first-order valence-electron chi connectivity index (χ1n) is 10.8. The van der Waals surface area contributed by atoms with Crippen molar-refractivity contribution < 1.29 is 19.8 Å². The first-order valence-corrected chi connectivity index (χ1v) is 11.2. The van der Waals surface area contributed by atoms with Crippen molar-refractivity contribution in [3.8, 4) is 0 Å². The van der Waals surface area contributed by atoms with Crippen LogP contribution < -0.4 is 0 Å². The van der Waals surface area contributed by atoms with E-state index >= 15 is 0 Å². The van der Waals surface area contributed by atoms with Crippen molar-refractivity contribution in [2.24, 2.45) is 0 Å². The molecule has 1 amide bonds. The van der Waals surface area contributed by atoms with Gasteiger partial charge in [-0.05, 0) is 43.9 Å². The maximum Gasteiger partial charge on any atom is 0.407 e. The van der Waals surface area contributed by atoms with Crippen molar-refractivity contribution in [2.75, 3.05) is 6.54 Å². The average Bonchev–Trinajstić information content (AvgIpc) is 2.68. The summed E-state index contributed by atoms with van der Waals surface area (Å²) in [5, 5.41) is 29.8. The van der Waals surface area contributed by atoms with Crippen LogP contribution in [0, 0.1) is 5.41 Å². The molecule has 0 aliphatic heterocycles. The highest BCUT2D eigenvalue weighted by molar-refractivity contribution is 6.41. The molecule has 2 rings (SSSR count). The number of hydrogen-bond donors (Lipinski definition) is 3. The normalized spacial score (nSPS) is 17.7. The molecule has 7 heteroatoms. The van der Waals surface area contributed by atoms with Gasteiger partial charge in [0.1, 0.15) is 0 Å². The number of aliphatic hydroxyl groups is 1. The molecular weight excluding hydrogens is 404 g/mol. The molecular formula is C23H33ClN2O4. The monoisotopic (exact) mass is 436 g/mol. The second-order valence-corrected chi connectivity index (χ2v) is 8.81. The zero-order valence-corrected chi connectivity index (χ0v) is 18.6. The molecule has 1 aromatic carbocycles. The van der Waals surface area contributed by atoms with E-state index in [0.29, 0.717) is 30.0 Å². The summed E-state index contributed by atoms with van der Waals surface area (Å²) < 4.78 is 0. The molecule has 0 radical (unpaired) electrons. The Hall–Kier alpha value is -1.92. The molecule has 30 heavy (non-hydrogen) atoms. The largest absolute Gasteiger partial charge is 0.465 e. The molecule has 0 saturated heterocycles. The number of benzene rings is 1. The Morgan fingerprint density at radius 2 is 1.93 bits per heavy atom. The quantitative estimate of drug-likeness (QED) is 0.435. The summed E-state index contributed by atoms with van der Waals surface area (Å²) in [6, 6.07) is 6.41. The van der Waals surface area contributed by atoms with Crippen molar-refractivity contribution in [1.82, 2.24) is 4.90 Å². The van der Waals surface area contributed by atoms with Crippen LogP contribution in [0.5, 0.6) is 0 Å². The molecule has 0 unspecified atom stereocenters. The van der Waals surface area contributed by atoms with Gasteiger partial charge in [0, 0.05) is 24.0 Å². The van der Waals surface area contributed by atoms with Crippen molar-refractivity contribution in [3.05, 3.63) is 34.9 Å². The summed E-state index contributed by atoms with van der Waals surface area (Å²) >= 11 is 6.15. The SMILES string of the molecule is CCCCN(C(=O)O)[C@@H](C)CC(=N)C(=O)[C@H](c1cccc(Cl)c1)C1(O)CCCCC1. The fourth-order valence-corrected chi connectivity index (χ4v) is 4.56. The molecule has 2 atom stereocenters. The summed E-state index contributed by atoms with van der Waals surface area (Å²) in [5.74, 6) is -1.32. The Morgan fingerprint density at radius 1 is 1.27 bits per heavy atom. The molecule has 166 valence electrons. The number of nitrogens with one attached hydrogen (secondary N) is 1. The highest BCUT2D eigenvalue weighted by Crippen LogP contribution is 2.41. The molecule has 1 saturated carbocycles. The lowest BCUT2D eigenvalue weighted by Gasteiger charge is -2.39. The Labute approximate surface area is 183 Å². The first-order chi connectivity index (χ1) is 14.2. The van der Waals surface area contributed by atoms with Gasteiger partial charge in [-0.15, -0.1) is 0 Å². The first kappa shape index (κ1) is 24.4. The number of hydrogen-bond acceptors (Lipinski definition) is 4. The van der Waals surface area contributed by atoms with Crippen LogP contribution in [0.2, 0.25) is 5.02 Å². The van der Waals surface area contributed by atoms with Gasteiger partial charge in [0.25, 0.3) is 0 Å². The van der Waals surface area contributed by atoms with E-state index in [1.165, 1.54) is 4.90 Å².